The third kappa shape index (κ3) is 30.1. The summed E-state index contributed by atoms with van der Waals surface area (Å²) < 4.78 is 55.1. The third-order valence-electron chi connectivity index (χ3n) is 15.3. The normalized spacial score (nSPS) is 24.9. The minimum Gasteiger partial charge on any atom is -0.394 e. The van der Waals surface area contributed by atoms with Crippen molar-refractivity contribution in [3.05, 3.63) is 0 Å². The highest BCUT2D eigenvalue weighted by Gasteiger charge is 2.47. The van der Waals surface area contributed by atoms with Crippen LogP contribution in [0.25, 0.3) is 0 Å². The van der Waals surface area contributed by atoms with Crippen LogP contribution in [0.5, 0.6) is 0 Å². The molecule has 96 heavy (non-hydrogen) atoms. The molecular weight excluding hydrogens is 1290 g/mol. The number of carbonyl (C=O) groups is 10. The van der Waals surface area contributed by atoms with Crippen LogP contribution in [-0.4, -0.2) is 352 Å². The molecule has 0 aromatic carbocycles. The minimum absolute atomic E-state index is 0.0892. The fraction of sp³-hybridized carbons (Fsp3) is 0.828. The number of amides is 9. The van der Waals surface area contributed by atoms with E-state index in [0.29, 0.717) is 38.6 Å². The number of nitrogens with one attached hydrogen (secondary N) is 7. The van der Waals surface area contributed by atoms with Gasteiger partial charge in [-0.05, 0) is 39.0 Å². The van der Waals surface area contributed by atoms with Gasteiger partial charge in [0.25, 0.3) is 0 Å². The van der Waals surface area contributed by atoms with Gasteiger partial charge >= 0.3 is 0 Å². The van der Waals surface area contributed by atoms with E-state index in [1.807, 2.05) is 6.92 Å². The molecule has 15 atom stereocenters. The van der Waals surface area contributed by atoms with Gasteiger partial charge < -0.3 is 145 Å². The van der Waals surface area contributed by atoms with Crippen molar-refractivity contribution >= 4 is 59.5 Å². The first-order chi connectivity index (χ1) is 45.8. The molecule has 0 radical (unpaired) electrons. The van der Waals surface area contributed by atoms with Crippen LogP contribution < -0.4 is 37.2 Å². The van der Waals surface area contributed by atoms with Crippen LogP contribution in [0.3, 0.4) is 0 Å². The maximum Gasteiger partial charge on any atom is 0.246 e. The molecule has 1 saturated carbocycles. The number of methoxy groups -OCH3 is 1. The molecule has 3 aliphatic rings. The number of aliphatic hydroxyl groups is 9. The molecular formula is C58H101N9O29. The lowest BCUT2D eigenvalue weighted by Crippen LogP contribution is -2.64. The summed E-state index contributed by atoms with van der Waals surface area (Å²) in [6.45, 7) is -0.897. The van der Waals surface area contributed by atoms with Gasteiger partial charge in [-0.25, -0.2) is 0 Å². The van der Waals surface area contributed by atoms with Crippen LogP contribution in [0, 0.1) is 5.92 Å². The van der Waals surface area contributed by atoms with E-state index in [1.54, 1.807) is 0 Å². The zero-order chi connectivity index (χ0) is 71.3. The average molecular weight is 1390 g/mol. The number of carbonyl (C=O) groups excluding carboxylic acids is 10. The standard InChI is InChI=1S/C58H101N9O29/c1-6-91-37-9-7-36(8-10-37)54(85)65-38(11-12-45(78)66(16-17-68)27-42(75)59-13-19-89-22-25-93-57-46(62-33(2)72)51(82)49(80)40(31-70)95-57)56(86)67(28-43(76)60-14-18-88-21-24-92-55(64-35(4)74)53(84)48(79)39(30-69)87-5)29-44(77)61-15-20-90-23-26-94-58-47(63-34(3)73)52(83)50(81)41(32-71)96-58/h17,36-41,46-53,55,57-58,69-71,79-84H,6-16,18-32H2,1-5H3,(H,59,75)(H,60,76)(H,61,77)(H,62,72)(H,63,73)(H,64,74)(H,65,85). The first-order valence-corrected chi connectivity index (χ1v) is 31.7. The fourth-order valence-corrected chi connectivity index (χ4v) is 10.3. The van der Waals surface area contributed by atoms with Crippen LogP contribution in [0.2, 0.25) is 0 Å². The molecule has 38 nitrogen and oxygen atoms in total. The van der Waals surface area contributed by atoms with E-state index in [-0.39, 0.29) is 85.2 Å². The first-order valence-electron chi connectivity index (χ1n) is 31.7. The Morgan fingerprint density at radius 3 is 1.47 bits per heavy atom. The molecule has 1 aliphatic carbocycles. The predicted molar refractivity (Wildman–Crippen MR) is 325 cm³/mol. The Labute approximate surface area is 555 Å². The van der Waals surface area contributed by atoms with Gasteiger partial charge in [0.05, 0.1) is 98.5 Å². The van der Waals surface area contributed by atoms with Crippen molar-refractivity contribution in [2.24, 2.45) is 5.92 Å². The van der Waals surface area contributed by atoms with E-state index in [4.69, 9.17) is 47.4 Å². The largest absolute Gasteiger partial charge is 0.394 e. The van der Waals surface area contributed by atoms with Gasteiger partial charge in [-0.3, -0.25) is 43.2 Å². The number of hydrogen-bond donors (Lipinski definition) is 16. The number of hydrogen-bond acceptors (Lipinski definition) is 29. The van der Waals surface area contributed by atoms with Gasteiger partial charge in [0.1, 0.15) is 92.4 Å². The van der Waals surface area contributed by atoms with Crippen molar-refractivity contribution in [2.75, 3.05) is 139 Å². The molecule has 15 unspecified atom stereocenters. The van der Waals surface area contributed by atoms with Crippen molar-refractivity contribution in [1.82, 2.24) is 47.0 Å². The van der Waals surface area contributed by atoms with E-state index in [9.17, 15) is 93.9 Å². The Morgan fingerprint density at radius 2 is 1.05 bits per heavy atom. The van der Waals surface area contributed by atoms with E-state index in [1.165, 1.54) is 21.0 Å². The van der Waals surface area contributed by atoms with Crippen LogP contribution in [0.15, 0.2) is 0 Å². The molecule has 0 bridgehead atoms. The Balaban J connectivity index is 1.73. The van der Waals surface area contributed by atoms with Crippen molar-refractivity contribution in [2.45, 2.75) is 164 Å². The highest BCUT2D eigenvalue weighted by atomic mass is 16.7. The summed E-state index contributed by atoms with van der Waals surface area (Å²) in [7, 11) is 1.19. The lowest BCUT2D eigenvalue weighted by Gasteiger charge is -2.42. The Bertz CT molecular complexity index is 2360. The highest BCUT2D eigenvalue weighted by molar-refractivity contribution is 5.94. The van der Waals surface area contributed by atoms with Crippen molar-refractivity contribution in [3.63, 3.8) is 0 Å². The Hall–Kier alpha value is -5.86. The van der Waals surface area contributed by atoms with E-state index in [2.05, 4.69) is 37.2 Å². The monoisotopic (exact) mass is 1390 g/mol. The average Bonchev–Trinajstić information content (AvgIpc) is 0.820. The van der Waals surface area contributed by atoms with Crippen LogP contribution in [0.1, 0.15) is 66.2 Å². The van der Waals surface area contributed by atoms with Gasteiger partial charge in [-0.2, -0.15) is 0 Å². The smallest absolute Gasteiger partial charge is 0.246 e. The fourth-order valence-electron chi connectivity index (χ4n) is 10.3. The molecule has 16 N–H and O–H groups in total. The van der Waals surface area contributed by atoms with Crippen molar-refractivity contribution in [3.8, 4) is 0 Å². The second-order valence-electron chi connectivity index (χ2n) is 22.6. The molecule has 9 amide bonds. The maximum absolute atomic E-state index is 14.8. The number of rotatable bonds is 47. The third-order valence-corrected chi connectivity index (χ3v) is 15.3. The van der Waals surface area contributed by atoms with Gasteiger partial charge in [-0.1, -0.05) is 0 Å². The van der Waals surface area contributed by atoms with Crippen molar-refractivity contribution < 1.29 is 141 Å². The predicted octanol–water partition coefficient (Wildman–Crippen LogP) is -9.77. The molecule has 2 aliphatic heterocycles. The summed E-state index contributed by atoms with van der Waals surface area (Å²) >= 11 is 0. The number of aldehydes is 1. The number of nitrogens with zero attached hydrogens (tertiary/aromatic N) is 2. The van der Waals surface area contributed by atoms with E-state index in [0.717, 1.165) is 16.7 Å². The van der Waals surface area contributed by atoms with Gasteiger partial charge in [-0.15, -0.1) is 0 Å². The summed E-state index contributed by atoms with van der Waals surface area (Å²) in [4.78, 5) is 132. The summed E-state index contributed by atoms with van der Waals surface area (Å²) in [6, 6.07) is -3.98. The number of ether oxygens (including phenoxy) is 10. The summed E-state index contributed by atoms with van der Waals surface area (Å²) in [5.41, 5.74) is 0. The second kappa shape index (κ2) is 46.4. The van der Waals surface area contributed by atoms with Gasteiger partial charge in [0, 0.05) is 66.5 Å². The zero-order valence-corrected chi connectivity index (χ0v) is 54.9. The van der Waals surface area contributed by atoms with Crippen LogP contribution in [0.4, 0.5) is 0 Å². The summed E-state index contributed by atoms with van der Waals surface area (Å²) in [5, 5.41) is 109. The first kappa shape index (κ1) is 84.4. The molecule has 0 aromatic rings. The molecule has 2 heterocycles. The molecule has 38 heteroatoms. The highest BCUT2D eigenvalue weighted by Crippen LogP contribution is 2.28. The lowest BCUT2D eigenvalue weighted by atomic mass is 9.86. The summed E-state index contributed by atoms with van der Waals surface area (Å²) in [5.74, 6) is -7.07. The quantitative estimate of drug-likeness (QED) is 0.0153. The minimum atomic E-state index is -1.75. The lowest BCUT2D eigenvalue weighted by molar-refractivity contribution is -0.272. The molecule has 2 saturated heterocycles. The molecule has 3 rings (SSSR count). The molecule has 552 valence electrons. The van der Waals surface area contributed by atoms with E-state index >= 15 is 0 Å². The molecule has 3 fully saturated rings. The Kier molecular flexibility index (Phi) is 40.8. The van der Waals surface area contributed by atoms with Crippen LogP contribution in [-0.2, 0) is 95.3 Å². The molecule has 0 aromatic heterocycles. The second-order valence-corrected chi connectivity index (χ2v) is 22.6. The van der Waals surface area contributed by atoms with Gasteiger partial charge in [0.15, 0.2) is 18.8 Å². The zero-order valence-electron chi connectivity index (χ0n) is 54.9. The number of aliphatic hydroxyl groups excluding tert-OH is 9. The SMILES string of the molecule is CCOC1CCC(C(=O)NC(CCC(=O)N(CC=O)CC(=O)NCCOCCOC2OC(CO)C(O)C(O)C2NC(C)=O)C(=O)N(CC(=O)NCCOCCOC(NC(C)=O)C(O)C(O)C(CO)OC)CC(=O)NCCOCCOC2OC(CO)C(O)C(O)C2NC(C)=O)CC1. The van der Waals surface area contributed by atoms with Gasteiger partial charge in [0.2, 0.25) is 53.2 Å². The van der Waals surface area contributed by atoms with Crippen LogP contribution >= 0.6 is 0 Å². The van der Waals surface area contributed by atoms with Crippen molar-refractivity contribution in [1.29, 1.82) is 0 Å². The molecule has 0 spiro atoms. The Morgan fingerprint density at radius 1 is 0.583 bits per heavy atom. The maximum atomic E-state index is 14.8. The summed E-state index contributed by atoms with van der Waals surface area (Å²) in [6.07, 6.45) is -16.2. The topological polar surface area (TPSA) is 536 Å². The van der Waals surface area contributed by atoms with E-state index < -0.39 is 210 Å².